The average Bonchev–Trinajstić information content (AvgIpc) is 3.16. The maximum atomic E-state index is 15.4. The van der Waals surface area contributed by atoms with Crippen molar-refractivity contribution in [2.24, 2.45) is 7.05 Å². The first kappa shape index (κ1) is 20.6. The van der Waals surface area contributed by atoms with Crippen LogP contribution in [-0.2, 0) is 17.2 Å². The van der Waals surface area contributed by atoms with Crippen LogP contribution in [0.5, 0.6) is 0 Å². The second-order valence-corrected chi connectivity index (χ2v) is 8.62. The van der Waals surface area contributed by atoms with E-state index in [0.717, 1.165) is 17.5 Å². The molecular formula is C23H21F2N3OS. The molecule has 4 rings (SSSR count). The molecule has 0 unspecified atom stereocenters. The van der Waals surface area contributed by atoms with Crippen LogP contribution in [-0.4, -0.2) is 22.5 Å². The summed E-state index contributed by atoms with van der Waals surface area (Å²) in [5.41, 5.74) is 0.922. The summed E-state index contributed by atoms with van der Waals surface area (Å²) < 4.78 is 37.5. The summed E-state index contributed by atoms with van der Waals surface area (Å²) in [6, 6.07) is 14.0. The van der Waals surface area contributed by atoms with Gasteiger partial charge in [0.05, 0.1) is 23.3 Å². The number of benzene rings is 2. The minimum Gasteiger partial charge on any atom is -0.378 e. The standard InChI is InChI=1S/C23H21F2N3OS/c1-15-13-23(14-26,9-11-29-15)17-4-3-5-21(22(17)25)30-20-7-6-16(12-18(20)24)19-8-10-27-28(19)2/h3-8,10,12,15H,9,11,13H2,1-2H3/t15-,23-/m0/s1. The van der Waals surface area contributed by atoms with Gasteiger partial charge in [-0.05, 0) is 44.0 Å². The molecule has 1 aromatic heterocycles. The highest BCUT2D eigenvalue weighted by atomic mass is 32.2. The van der Waals surface area contributed by atoms with Crippen LogP contribution < -0.4 is 0 Å². The van der Waals surface area contributed by atoms with Crippen LogP contribution in [0.1, 0.15) is 25.3 Å². The van der Waals surface area contributed by atoms with Gasteiger partial charge >= 0.3 is 0 Å². The van der Waals surface area contributed by atoms with Gasteiger partial charge in [0.25, 0.3) is 0 Å². The molecule has 30 heavy (non-hydrogen) atoms. The van der Waals surface area contributed by atoms with Gasteiger partial charge in [0.15, 0.2) is 0 Å². The maximum Gasteiger partial charge on any atom is 0.141 e. The Hall–Kier alpha value is -2.69. The van der Waals surface area contributed by atoms with Crippen molar-refractivity contribution >= 4 is 11.8 Å². The van der Waals surface area contributed by atoms with Gasteiger partial charge in [0, 0.05) is 40.8 Å². The highest BCUT2D eigenvalue weighted by molar-refractivity contribution is 7.99. The van der Waals surface area contributed by atoms with Crippen molar-refractivity contribution in [3.8, 4) is 17.3 Å². The third kappa shape index (κ3) is 3.73. The first-order chi connectivity index (χ1) is 14.4. The minimum absolute atomic E-state index is 0.119. The Morgan fingerprint density at radius 2 is 2.07 bits per heavy atom. The van der Waals surface area contributed by atoms with E-state index in [-0.39, 0.29) is 6.10 Å². The molecule has 7 heteroatoms. The molecule has 0 spiro atoms. The number of ether oxygens (including phenoxy) is 1. The normalized spacial score (nSPS) is 21.4. The third-order valence-electron chi connectivity index (χ3n) is 5.53. The van der Waals surface area contributed by atoms with Gasteiger partial charge in [-0.2, -0.15) is 10.4 Å². The highest BCUT2D eigenvalue weighted by Gasteiger charge is 2.40. The molecule has 1 aliphatic rings. The lowest BCUT2D eigenvalue weighted by Crippen LogP contribution is -2.37. The van der Waals surface area contributed by atoms with Crippen molar-refractivity contribution in [3.63, 3.8) is 0 Å². The summed E-state index contributed by atoms with van der Waals surface area (Å²) in [7, 11) is 1.79. The summed E-state index contributed by atoms with van der Waals surface area (Å²) in [5, 5.41) is 14.0. The fourth-order valence-electron chi connectivity index (χ4n) is 3.97. The molecule has 2 atom stereocenters. The van der Waals surface area contributed by atoms with Crippen LogP contribution in [0.15, 0.2) is 58.5 Å². The zero-order chi connectivity index (χ0) is 21.3. The van der Waals surface area contributed by atoms with E-state index < -0.39 is 17.0 Å². The van der Waals surface area contributed by atoms with E-state index in [1.165, 1.54) is 6.07 Å². The largest absolute Gasteiger partial charge is 0.378 e. The quantitative estimate of drug-likeness (QED) is 0.556. The van der Waals surface area contributed by atoms with Crippen LogP contribution in [0.25, 0.3) is 11.3 Å². The van der Waals surface area contributed by atoms with E-state index in [2.05, 4.69) is 11.2 Å². The van der Waals surface area contributed by atoms with E-state index in [4.69, 9.17) is 4.74 Å². The molecule has 2 aromatic carbocycles. The number of nitrogens with zero attached hydrogens (tertiary/aromatic N) is 3. The van der Waals surface area contributed by atoms with E-state index in [0.29, 0.717) is 40.4 Å². The first-order valence-electron chi connectivity index (χ1n) is 9.71. The molecule has 154 valence electrons. The van der Waals surface area contributed by atoms with Crippen LogP contribution in [0, 0.1) is 23.0 Å². The van der Waals surface area contributed by atoms with Gasteiger partial charge in [-0.3, -0.25) is 4.68 Å². The fraction of sp³-hybridized carbons (Fsp3) is 0.304. The van der Waals surface area contributed by atoms with Crippen molar-refractivity contribution in [1.82, 2.24) is 9.78 Å². The maximum absolute atomic E-state index is 15.4. The molecule has 1 aliphatic heterocycles. The zero-order valence-corrected chi connectivity index (χ0v) is 17.5. The smallest absolute Gasteiger partial charge is 0.141 e. The summed E-state index contributed by atoms with van der Waals surface area (Å²) in [6.45, 7) is 2.30. The molecule has 0 saturated carbocycles. The fourth-order valence-corrected chi connectivity index (χ4v) is 4.85. The number of rotatable bonds is 4. The predicted molar refractivity (Wildman–Crippen MR) is 111 cm³/mol. The monoisotopic (exact) mass is 425 g/mol. The van der Waals surface area contributed by atoms with Crippen LogP contribution >= 0.6 is 11.8 Å². The highest BCUT2D eigenvalue weighted by Crippen LogP contribution is 2.42. The van der Waals surface area contributed by atoms with Gasteiger partial charge in [0.1, 0.15) is 11.6 Å². The SMILES string of the molecule is C[C@H]1C[C@@](C#N)(c2cccc(Sc3ccc(-c4ccnn4C)cc3F)c2F)CCO1. The van der Waals surface area contributed by atoms with Gasteiger partial charge in [0.2, 0.25) is 0 Å². The number of hydrogen-bond donors (Lipinski definition) is 0. The second kappa shape index (κ2) is 8.21. The Balaban J connectivity index is 1.66. The zero-order valence-electron chi connectivity index (χ0n) is 16.7. The van der Waals surface area contributed by atoms with E-state index in [9.17, 15) is 9.65 Å². The number of nitriles is 1. The van der Waals surface area contributed by atoms with Crippen molar-refractivity contribution in [2.45, 2.75) is 41.1 Å². The molecule has 3 aromatic rings. The molecule has 4 nitrogen and oxygen atoms in total. The van der Waals surface area contributed by atoms with E-state index in [1.807, 2.05) is 6.92 Å². The van der Waals surface area contributed by atoms with Crippen LogP contribution in [0.2, 0.25) is 0 Å². The lowest BCUT2D eigenvalue weighted by molar-refractivity contribution is 0.00275. The van der Waals surface area contributed by atoms with E-state index >= 15 is 4.39 Å². The Kier molecular flexibility index (Phi) is 5.63. The molecule has 0 amide bonds. The predicted octanol–water partition coefficient (Wildman–Crippen LogP) is 5.48. The Labute approximate surface area is 178 Å². The molecule has 1 fully saturated rings. The molecule has 0 radical (unpaired) electrons. The third-order valence-corrected chi connectivity index (χ3v) is 6.61. The summed E-state index contributed by atoms with van der Waals surface area (Å²) in [5.74, 6) is -0.897. The molecule has 0 N–H and O–H groups in total. The van der Waals surface area contributed by atoms with Crippen LogP contribution in [0.4, 0.5) is 8.78 Å². The number of hydrogen-bond acceptors (Lipinski definition) is 4. The van der Waals surface area contributed by atoms with Crippen molar-refractivity contribution in [3.05, 3.63) is 65.9 Å². The molecule has 0 aliphatic carbocycles. The minimum atomic E-state index is -0.930. The Bertz CT molecular complexity index is 1120. The number of aromatic nitrogens is 2. The van der Waals surface area contributed by atoms with Gasteiger partial charge in [-0.25, -0.2) is 8.78 Å². The Morgan fingerprint density at radius 3 is 2.73 bits per heavy atom. The van der Waals surface area contributed by atoms with Gasteiger partial charge < -0.3 is 4.74 Å². The van der Waals surface area contributed by atoms with E-state index in [1.54, 1.807) is 54.3 Å². The average molecular weight is 426 g/mol. The second-order valence-electron chi connectivity index (χ2n) is 7.53. The summed E-state index contributed by atoms with van der Waals surface area (Å²) in [4.78, 5) is 0.622. The van der Waals surface area contributed by atoms with Gasteiger partial charge in [-0.1, -0.05) is 30.0 Å². The summed E-state index contributed by atoms with van der Waals surface area (Å²) >= 11 is 1.03. The lowest BCUT2D eigenvalue weighted by Gasteiger charge is -2.35. The number of aryl methyl sites for hydroxylation is 1. The topological polar surface area (TPSA) is 50.8 Å². The molecule has 1 saturated heterocycles. The van der Waals surface area contributed by atoms with Crippen molar-refractivity contribution in [1.29, 1.82) is 5.26 Å². The molecular weight excluding hydrogens is 404 g/mol. The first-order valence-corrected chi connectivity index (χ1v) is 10.5. The Morgan fingerprint density at radius 1 is 1.23 bits per heavy atom. The van der Waals surface area contributed by atoms with Crippen LogP contribution in [0.3, 0.4) is 0 Å². The van der Waals surface area contributed by atoms with Crippen molar-refractivity contribution < 1.29 is 13.5 Å². The van der Waals surface area contributed by atoms with Crippen molar-refractivity contribution in [2.75, 3.05) is 6.61 Å². The molecule has 2 heterocycles. The summed E-state index contributed by atoms with van der Waals surface area (Å²) in [6.07, 6.45) is 2.40. The molecule has 0 bridgehead atoms. The van der Waals surface area contributed by atoms with Gasteiger partial charge in [-0.15, -0.1) is 0 Å². The number of halogens is 2. The lowest BCUT2D eigenvalue weighted by atomic mass is 9.73.